The maximum Gasteiger partial charge on any atom is 0.325 e. The van der Waals surface area contributed by atoms with Gasteiger partial charge >= 0.3 is 5.97 Å². The Hall–Kier alpha value is -2.05. The highest BCUT2D eigenvalue weighted by Crippen LogP contribution is 2.25. The molecule has 0 aliphatic carbocycles. The van der Waals surface area contributed by atoms with E-state index in [1.165, 1.54) is 20.5 Å². The molecule has 7 nitrogen and oxygen atoms in total. The van der Waals surface area contributed by atoms with Crippen LogP contribution in [0.3, 0.4) is 0 Å². The van der Waals surface area contributed by atoms with Gasteiger partial charge in [-0.15, -0.1) is 0 Å². The molecule has 0 saturated carbocycles. The molecule has 3 N–H and O–H groups in total. The number of hydrogen-bond acceptors (Lipinski definition) is 7. The first-order chi connectivity index (χ1) is 7.19. The number of nitrogens with zero attached hydrogens (tertiary/aromatic N) is 2. The molecule has 82 valence electrons. The van der Waals surface area contributed by atoms with E-state index >= 15 is 0 Å². The van der Waals surface area contributed by atoms with Crippen molar-refractivity contribution in [2.75, 3.05) is 31.8 Å². The van der Waals surface area contributed by atoms with Crippen LogP contribution in [-0.2, 0) is 9.53 Å². The second-order valence-electron chi connectivity index (χ2n) is 2.57. The van der Waals surface area contributed by atoms with Gasteiger partial charge in [-0.05, 0) is 0 Å². The zero-order chi connectivity index (χ0) is 11.3. The van der Waals surface area contributed by atoms with E-state index in [0.29, 0.717) is 11.6 Å². The Morgan fingerprint density at radius 2 is 2.27 bits per heavy atom. The van der Waals surface area contributed by atoms with E-state index in [1.54, 1.807) is 0 Å². The Morgan fingerprint density at radius 3 is 2.87 bits per heavy atom. The number of nitrogen functional groups attached to an aromatic ring is 1. The highest BCUT2D eigenvalue weighted by atomic mass is 16.5. The quantitative estimate of drug-likeness (QED) is 0.658. The summed E-state index contributed by atoms with van der Waals surface area (Å²) in [5.74, 6) is 0.464. The van der Waals surface area contributed by atoms with Crippen LogP contribution in [0, 0.1) is 0 Å². The Balaban J connectivity index is 2.76. The van der Waals surface area contributed by atoms with Crippen molar-refractivity contribution in [3.8, 4) is 5.75 Å². The molecule has 0 aliphatic rings. The largest absolute Gasteiger partial charge is 0.490 e. The third-order valence-electron chi connectivity index (χ3n) is 1.66. The number of ether oxygens (including phenoxy) is 2. The van der Waals surface area contributed by atoms with Gasteiger partial charge in [-0.2, -0.15) is 0 Å². The van der Waals surface area contributed by atoms with Crippen LogP contribution in [0.5, 0.6) is 5.75 Å². The Kier molecular flexibility index (Phi) is 3.67. The standard InChI is InChI=1S/C8H12N4O3/c1-14-5(13)3-10-8-6(15-2)7(9)11-4-12-8/h4H,3H2,1-2H3,(H3,9,10,11,12). The van der Waals surface area contributed by atoms with E-state index in [0.717, 1.165) is 0 Å². The predicted octanol–water partition coefficient (Wildman–Crippen LogP) is -0.348. The molecule has 1 aromatic heterocycles. The topological polar surface area (TPSA) is 99.4 Å². The van der Waals surface area contributed by atoms with Gasteiger partial charge in [0, 0.05) is 0 Å². The van der Waals surface area contributed by atoms with Crippen molar-refractivity contribution in [1.82, 2.24) is 9.97 Å². The van der Waals surface area contributed by atoms with Gasteiger partial charge in [0.05, 0.1) is 14.2 Å². The molecular formula is C8H12N4O3. The minimum Gasteiger partial charge on any atom is -0.490 e. The van der Waals surface area contributed by atoms with Gasteiger partial charge in [0.1, 0.15) is 12.9 Å². The summed E-state index contributed by atoms with van der Waals surface area (Å²) in [6.45, 7) is -0.0106. The molecule has 1 heterocycles. The minimum atomic E-state index is -0.408. The van der Waals surface area contributed by atoms with Crippen LogP contribution in [-0.4, -0.2) is 36.7 Å². The van der Waals surface area contributed by atoms with Crippen LogP contribution in [0.15, 0.2) is 6.33 Å². The number of aromatic nitrogens is 2. The van der Waals surface area contributed by atoms with Crippen LogP contribution in [0.25, 0.3) is 0 Å². The molecule has 1 rings (SSSR count). The zero-order valence-corrected chi connectivity index (χ0v) is 8.48. The van der Waals surface area contributed by atoms with E-state index in [2.05, 4.69) is 20.0 Å². The van der Waals surface area contributed by atoms with Gasteiger partial charge in [0.2, 0.25) is 5.75 Å². The van der Waals surface area contributed by atoms with E-state index in [9.17, 15) is 4.79 Å². The molecule has 0 atom stereocenters. The summed E-state index contributed by atoms with van der Waals surface area (Å²) in [6.07, 6.45) is 1.28. The van der Waals surface area contributed by atoms with E-state index in [4.69, 9.17) is 10.5 Å². The summed E-state index contributed by atoms with van der Waals surface area (Å²) < 4.78 is 9.44. The summed E-state index contributed by atoms with van der Waals surface area (Å²) >= 11 is 0. The molecule has 0 aromatic carbocycles. The molecule has 7 heteroatoms. The molecule has 0 saturated heterocycles. The number of anilines is 2. The average Bonchev–Trinajstić information content (AvgIpc) is 2.25. The maximum absolute atomic E-state index is 10.9. The number of methoxy groups -OCH3 is 2. The second-order valence-corrected chi connectivity index (χ2v) is 2.57. The summed E-state index contributed by atoms with van der Waals surface area (Å²) in [4.78, 5) is 18.5. The number of hydrogen-bond donors (Lipinski definition) is 2. The molecule has 1 aromatic rings. The maximum atomic E-state index is 10.9. The van der Waals surface area contributed by atoms with Gasteiger partial charge in [-0.25, -0.2) is 9.97 Å². The lowest BCUT2D eigenvalue weighted by Crippen LogP contribution is -2.16. The number of nitrogens with one attached hydrogen (secondary N) is 1. The average molecular weight is 212 g/mol. The summed E-state index contributed by atoms with van der Waals surface area (Å²) in [5.41, 5.74) is 5.54. The molecule has 0 unspecified atom stereocenters. The molecular weight excluding hydrogens is 200 g/mol. The molecule has 15 heavy (non-hydrogen) atoms. The molecule has 0 amide bonds. The van der Waals surface area contributed by atoms with Crippen LogP contribution in [0.4, 0.5) is 11.6 Å². The van der Waals surface area contributed by atoms with Gasteiger partial charge in [-0.3, -0.25) is 4.79 Å². The molecule has 0 bridgehead atoms. The number of esters is 1. The minimum absolute atomic E-state index is 0.0106. The normalized spacial score (nSPS) is 9.47. The smallest absolute Gasteiger partial charge is 0.325 e. The Morgan fingerprint density at radius 1 is 1.53 bits per heavy atom. The lowest BCUT2D eigenvalue weighted by Gasteiger charge is -2.09. The van der Waals surface area contributed by atoms with E-state index < -0.39 is 5.97 Å². The summed E-state index contributed by atoms with van der Waals surface area (Å²) in [6, 6.07) is 0. The van der Waals surface area contributed by atoms with Crippen molar-refractivity contribution in [3.05, 3.63) is 6.33 Å². The molecule has 0 aliphatic heterocycles. The summed E-state index contributed by atoms with van der Waals surface area (Å²) in [7, 11) is 2.74. The highest BCUT2D eigenvalue weighted by molar-refractivity contribution is 5.75. The fourth-order valence-corrected chi connectivity index (χ4v) is 0.943. The van der Waals surface area contributed by atoms with Gasteiger partial charge in [-0.1, -0.05) is 0 Å². The fourth-order valence-electron chi connectivity index (χ4n) is 0.943. The van der Waals surface area contributed by atoms with E-state index in [1.807, 2.05) is 0 Å². The first kappa shape index (κ1) is 11.0. The van der Waals surface area contributed by atoms with Crippen molar-refractivity contribution in [2.24, 2.45) is 0 Å². The number of carbonyl (C=O) groups is 1. The van der Waals surface area contributed by atoms with Crippen LogP contribution in [0.2, 0.25) is 0 Å². The highest BCUT2D eigenvalue weighted by Gasteiger charge is 2.10. The Bertz CT molecular complexity index is 356. The van der Waals surface area contributed by atoms with Gasteiger partial charge in [0.25, 0.3) is 0 Å². The third kappa shape index (κ3) is 2.70. The van der Waals surface area contributed by atoms with Gasteiger partial charge < -0.3 is 20.5 Å². The summed E-state index contributed by atoms with van der Waals surface area (Å²) in [5, 5.41) is 2.73. The molecule has 0 radical (unpaired) electrons. The van der Waals surface area contributed by atoms with E-state index in [-0.39, 0.29) is 12.4 Å². The lowest BCUT2D eigenvalue weighted by molar-refractivity contribution is -0.138. The Labute approximate surface area is 86.6 Å². The number of rotatable bonds is 4. The lowest BCUT2D eigenvalue weighted by atomic mass is 10.4. The molecule has 0 spiro atoms. The predicted molar refractivity (Wildman–Crippen MR) is 53.5 cm³/mol. The number of carbonyl (C=O) groups excluding carboxylic acids is 1. The van der Waals surface area contributed by atoms with Crippen molar-refractivity contribution < 1.29 is 14.3 Å². The second kappa shape index (κ2) is 4.99. The first-order valence-electron chi connectivity index (χ1n) is 4.14. The third-order valence-corrected chi connectivity index (χ3v) is 1.66. The monoisotopic (exact) mass is 212 g/mol. The molecule has 0 fully saturated rings. The van der Waals surface area contributed by atoms with Crippen molar-refractivity contribution in [3.63, 3.8) is 0 Å². The SMILES string of the molecule is COC(=O)CNc1ncnc(N)c1OC. The van der Waals surface area contributed by atoms with Crippen molar-refractivity contribution in [2.45, 2.75) is 0 Å². The van der Waals surface area contributed by atoms with Crippen LogP contribution in [0.1, 0.15) is 0 Å². The van der Waals surface area contributed by atoms with Gasteiger partial charge in [0.15, 0.2) is 11.6 Å². The first-order valence-corrected chi connectivity index (χ1v) is 4.14. The van der Waals surface area contributed by atoms with Crippen LogP contribution < -0.4 is 15.8 Å². The van der Waals surface area contributed by atoms with Crippen molar-refractivity contribution >= 4 is 17.6 Å². The zero-order valence-electron chi connectivity index (χ0n) is 8.48. The van der Waals surface area contributed by atoms with Crippen molar-refractivity contribution in [1.29, 1.82) is 0 Å². The number of nitrogens with two attached hydrogens (primary N) is 1. The van der Waals surface area contributed by atoms with Crippen LogP contribution >= 0.6 is 0 Å². The fraction of sp³-hybridized carbons (Fsp3) is 0.375.